The average Bonchev–Trinajstić information content (AvgIpc) is 2.15. The van der Waals surface area contributed by atoms with Gasteiger partial charge in [-0.05, 0) is 6.42 Å². The smallest absolute Gasteiger partial charge is 0.221 e. The van der Waals surface area contributed by atoms with Crippen molar-refractivity contribution < 1.29 is 9.59 Å². The van der Waals surface area contributed by atoms with Crippen molar-refractivity contribution in [2.45, 2.75) is 19.8 Å². The van der Waals surface area contributed by atoms with Crippen LogP contribution in [-0.2, 0) is 9.59 Å². The van der Waals surface area contributed by atoms with E-state index in [1.807, 2.05) is 0 Å². The van der Waals surface area contributed by atoms with Gasteiger partial charge in [0, 0.05) is 13.3 Å². The van der Waals surface area contributed by atoms with Gasteiger partial charge in [0.1, 0.15) is 0 Å². The molecule has 1 aliphatic carbocycles. The molecular weight excluding hydrogens is 130 g/mol. The SMILES string of the molecule is CC(=O)NC1=CCCC1=O. The van der Waals surface area contributed by atoms with Crippen LogP contribution in [0.15, 0.2) is 11.8 Å². The molecule has 1 amide bonds. The van der Waals surface area contributed by atoms with Gasteiger partial charge < -0.3 is 5.32 Å². The molecule has 0 aromatic carbocycles. The van der Waals surface area contributed by atoms with Gasteiger partial charge in [0.05, 0.1) is 5.70 Å². The predicted molar refractivity (Wildman–Crippen MR) is 36.1 cm³/mol. The third-order valence-corrected chi connectivity index (χ3v) is 1.33. The minimum Gasteiger partial charge on any atom is -0.324 e. The lowest BCUT2D eigenvalue weighted by Crippen LogP contribution is -2.22. The quantitative estimate of drug-likeness (QED) is 0.570. The minimum atomic E-state index is -0.179. The summed E-state index contributed by atoms with van der Waals surface area (Å²) in [6.45, 7) is 1.40. The number of Topliss-reactive ketones (excluding diaryl/α,β-unsaturated/α-hetero) is 1. The zero-order chi connectivity index (χ0) is 7.56. The maximum absolute atomic E-state index is 10.8. The van der Waals surface area contributed by atoms with E-state index in [1.165, 1.54) is 6.92 Å². The van der Waals surface area contributed by atoms with Crippen LogP contribution in [0.25, 0.3) is 0 Å². The van der Waals surface area contributed by atoms with Crippen molar-refractivity contribution in [1.29, 1.82) is 0 Å². The van der Waals surface area contributed by atoms with Gasteiger partial charge in [-0.15, -0.1) is 0 Å². The minimum absolute atomic E-state index is 0.0372. The first kappa shape index (κ1) is 6.99. The predicted octanol–water partition coefficient (Wildman–Crippen LogP) is 0.369. The van der Waals surface area contributed by atoms with Gasteiger partial charge in [-0.2, -0.15) is 0 Å². The second-order valence-corrected chi connectivity index (χ2v) is 2.26. The number of ketones is 1. The van der Waals surface area contributed by atoms with Crippen LogP contribution in [0.4, 0.5) is 0 Å². The first-order chi connectivity index (χ1) is 4.70. The fourth-order valence-electron chi connectivity index (χ4n) is 0.906. The summed E-state index contributed by atoms with van der Waals surface area (Å²) in [6, 6.07) is 0. The van der Waals surface area contributed by atoms with Crippen LogP contribution < -0.4 is 5.32 Å². The monoisotopic (exact) mass is 139 g/mol. The number of nitrogens with one attached hydrogen (secondary N) is 1. The van der Waals surface area contributed by atoms with Crippen LogP contribution in [0.3, 0.4) is 0 Å². The Morgan fingerprint density at radius 2 is 2.40 bits per heavy atom. The van der Waals surface area contributed by atoms with Gasteiger partial charge in [0.15, 0.2) is 5.78 Å². The average molecular weight is 139 g/mol. The summed E-state index contributed by atoms with van der Waals surface area (Å²) in [5, 5.41) is 2.46. The lowest BCUT2D eigenvalue weighted by Gasteiger charge is -1.98. The van der Waals surface area contributed by atoms with Crippen LogP contribution in [0, 0.1) is 0 Å². The van der Waals surface area contributed by atoms with E-state index < -0.39 is 0 Å². The molecule has 3 nitrogen and oxygen atoms in total. The van der Waals surface area contributed by atoms with Crippen LogP contribution in [0.2, 0.25) is 0 Å². The lowest BCUT2D eigenvalue weighted by atomic mass is 10.3. The largest absolute Gasteiger partial charge is 0.324 e. The summed E-state index contributed by atoms with van der Waals surface area (Å²) in [7, 11) is 0. The van der Waals surface area contributed by atoms with Gasteiger partial charge >= 0.3 is 0 Å². The number of allylic oxidation sites excluding steroid dienone is 2. The summed E-state index contributed by atoms with van der Waals surface area (Å²) >= 11 is 0. The number of hydrogen-bond acceptors (Lipinski definition) is 2. The van der Waals surface area contributed by atoms with Crippen LogP contribution in [0.1, 0.15) is 19.8 Å². The molecule has 0 heterocycles. The van der Waals surface area contributed by atoms with Gasteiger partial charge in [0.25, 0.3) is 0 Å². The lowest BCUT2D eigenvalue weighted by molar-refractivity contribution is -0.121. The molecule has 0 fully saturated rings. The van der Waals surface area contributed by atoms with Crippen molar-refractivity contribution in [3.63, 3.8) is 0 Å². The van der Waals surface area contributed by atoms with Crippen LogP contribution >= 0.6 is 0 Å². The van der Waals surface area contributed by atoms with Gasteiger partial charge in [-0.3, -0.25) is 9.59 Å². The van der Waals surface area contributed by atoms with Gasteiger partial charge in [-0.1, -0.05) is 6.08 Å². The van der Waals surface area contributed by atoms with Gasteiger partial charge in [-0.25, -0.2) is 0 Å². The van der Waals surface area contributed by atoms with Crippen molar-refractivity contribution in [1.82, 2.24) is 5.32 Å². The summed E-state index contributed by atoms with van der Waals surface area (Å²) in [4.78, 5) is 21.3. The summed E-state index contributed by atoms with van der Waals surface area (Å²) in [5.41, 5.74) is 0.465. The molecule has 0 aliphatic heterocycles. The second kappa shape index (κ2) is 2.64. The standard InChI is InChI=1S/C7H9NO2/c1-5(9)8-6-3-2-4-7(6)10/h3H,2,4H2,1H3,(H,8,9). The third kappa shape index (κ3) is 1.43. The highest BCUT2D eigenvalue weighted by atomic mass is 16.2. The van der Waals surface area contributed by atoms with Crippen LogP contribution in [-0.4, -0.2) is 11.7 Å². The highest BCUT2D eigenvalue weighted by molar-refractivity contribution is 6.00. The van der Waals surface area contributed by atoms with E-state index >= 15 is 0 Å². The fraction of sp³-hybridized carbons (Fsp3) is 0.429. The van der Waals surface area contributed by atoms with E-state index in [0.717, 1.165) is 6.42 Å². The topological polar surface area (TPSA) is 46.2 Å². The van der Waals surface area contributed by atoms with Crippen molar-refractivity contribution in [2.24, 2.45) is 0 Å². The molecule has 0 spiro atoms. The van der Waals surface area contributed by atoms with Crippen molar-refractivity contribution in [3.05, 3.63) is 11.8 Å². The number of hydrogen-bond donors (Lipinski definition) is 1. The highest BCUT2D eigenvalue weighted by Gasteiger charge is 2.14. The van der Waals surface area contributed by atoms with Gasteiger partial charge in [0.2, 0.25) is 5.91 Å². The molecule has 0 aromatic rings. The summed E-state index contributed by atoms with van der Waals surface area (Å²) < 4.78 is 0. The molecule has 0 saturated heterocycles. The molecule has 1 aliphatic rings. The summed E-state index contributed by atoms with van der Waals surface area (Å²) in [6.07, 6.45) is 3.05. The Hall–Kier alpha value is -1.12. The maximum Gasteiger partial charge on any atom is 0.221 e. The highest BCUT2D eigenvalue weighted by Crippen LogP contribution is 2.10. The fourth-order valence-corrected chi connectivity index (χ4v) is 0.906. The van der Waals surface area contributed by atoms with E-state index in [2.05, 4.69) is 5.32 Å². The van der Waals surface area contributed by atoms with E-state index in [1.54, 1.807) is 6.08 Å². The van der Waals surface area contributed by atoms with E-state index in [0.29, 0.717) is 12.1 Å². The number of carbonyl (C=O) groups is 2. The maximum atomic E-state index is 10.8. The van der Waals surface area contributed by atoms with Crippen LogP contribution in [0.5, 0.6) is 0 Å². The Bertz CT molecular complexity index is 206. The van der Waals surface area contributed by atoms with E-state index in [-0.39, 0.29) is 11.7 Å². The van der Waals surface area contributed by atoms with E-state index in [4.69, 9.17) is 0 Å². The third-order valence-electron chi connectivity index (χ3n) is 1.33. The molecular formula is C7H9NO2. The molecule has 54 valence electrons. The number of rotatable bonds is 1. The molecule has 0 atom stereocenters. The molecule has 1 N–H and O–H groups in total. The Morgan fingerprint density at radius 3 is 2.80 bits per heavy atom. The van der Waals surface area contributed by atoms with Crippen molar-refractivity contribution >= 4 is 11.7 Å². The normalized spacial score (nSPS) is 16.9. The second-order valence-electron chi connectivity index (χ2n) is 2.26. The van der Waals surface area contributed by atoms with Crippen molar-refractivity contribution in [3.8, 4) is 0 Å². The zero-order valence-corrected chi connectivity index (χ0v) is 5.81. The van der Waals surface area contributed by atoms with E-state index in [9.17, 15) is 9.59 Å². The summed E-state index contributed by atoms with van der Waals surface area (Å²) in [5.74, 6) is -0.142. The Labute approximate surface area is 59.1 Å². The Balaban J connectivity index is 2.56. The number of amides is 1. The molecule has 0 aromatic heterocycles. The molecule has 3 heteroatoms. The molecule has 0 unspecified atom stereocenters. The molecule has 10 heavy (non-hydrogen) atoms. The molecule has 0 saturated carbocycles. The molecule has 0 bridgehead atoms. The number of carbonyl (C=O) groups excluding carboxylic acids is 2. The van der Waals surface area contributed by atoms with Crippen molar-refractivity contribution in [2.75, 3.05) is 0 Å². The first-order valence-corrected chi connectivity index (χ1v) is 3.21. The molecule has 0 radical (unpaired) electrons. The molecule has 1 rings (SSSR count). The first-order valence-electron chi connectivity index (χ1n) is 3.21. The Kier molecular flexibility index (Phi) is 1.85. The zero-order valence-electron chi connectivity index (χ0n) is 5.81. The Morgan fingerprint density at radius 1 is 1.70 bits per heavy atom.